The van der Waals surface area contributed by atoms with Crippen LogP contribution in [0.2, 0.25) is 0 Å². The van der Waals surface area contributed by atoms with Gasteiger partial charge in [-0.1, -0.05) is 60.7 Å². The number of carbonyl (C=O) groups excluding carboxylic acids is 3. The van der Waals surface area contributed by atoms with Crippen LogP contribution in [0.3, 0.4) is 0 Å². The summed E-state index contributed by atoms with van der Waals surface area (Å²) in [5.74, 6) is -0.904. The van der Waals surface area contributed by atoms with Gasteiger partial charge < -0.3 is 14.5 Å². The second kappa shape index (κ2) is 10.8. The third-order valence-corrected chi connectivity index (χ3v) is 7.62. The lowest BCUT2D eigenvalue weighted by molar-refractivity contribution is -0.384. The lowest BCUT2D eigenvalue weighted by atomic mass is 9.80. The van der Waals surface area contributed by atoms with Crippen molar-refractivity contribution in [2.45, 2.75) is 24.3 Å². The van der Waals surface area contributed by atoms with Crippen molar-refractivity contribution in [3.63, 3.8) is 0 Å². The van der Waals surface area contributed by atoms with Gasteiger partial charge in [0.1, 0.15) is 6.61 Å². The van der Waals surface area contributed by atoms with Gasteiger partial charge in [0.05, 0.1) is 11.0 Å². The number of nitrogens with zero attached hydrogens (tertiary/aromatic N) is 3. The molecule has 0 unspecified atom stereocenters. The fourth-order valence-corrected chi connectivity index (χ4v) is 5.55. The number of benzene rings is 3. The van der Waals surface area contributed by atoms with Gasteiger partial charge in [0, 0.05) is 38.3 Å². The summed E-state index contributed by atoms with van der Waals surface area (Å²) in [6, 6.07) is 23.2. The Bertz CT molecular complexity index is 1300. The molecular weight excluding hydrogens is 494 g/mol. The fourth-order valence-electron chi connectivity index (χ4n) is 4.31. The van der Waals surface area contributed by atoms with E-state index in [0.717, 1.165) is 17.3 Å². The average molecular weight is 520 g/mol. The number of hydrogen-bond donors (Lipinski definition) is 0. The summed E-state index contributed by atoms with van der Waals surface area (Å²) in [7, 11) is 1.67. The average Bonchev–Trinajstić information content (AvgIpc) is 2.90. The van der Waals surface area contributed by atoms with Crippen molar-refractivity contribution in [2.75, 3.05) is 18.6 Å². The molecule has 0 aliphatic carbocycles. The smallest absolute Gasteiger partial charge is 0.302 e. The molecule has 1 aliphatic rings. The van der Waals surface area contributed by atoms with E-state index in [2.05, 4.69) is 0 Å². The van der Waals surface area contributed by atoms with E-state index in [0.29, 0.717) is 17.8 Å². The first-order chi connectivity index (χ1) is 17.7. The maximum absolute atomic E-state index is 13.9. The Hall–Kier alpha value is -4.18. The molecule has 1 heterocycles. The molecule has 1 fully saturated rings. The molecule has 0 radical (unpaired) electrons. The van der Waals surface area contributed by atoms with Crippen LogP contribution in [0.5, 0.6) is 0 Å². The quantitative estimate of drug-likeness (QED) is 0.183. The zero-order valence-electron chi connectivity index (χ0n) is 20.3. The first-order valence-corrected chi connectivity index (χ1v) is 12.3. The maximum atomic E-state index is 13.9. The highest BCUT2D eigenvalue weighted by molar-refractivity contribution is 8.15. The molecule has 1 aliphatic heterocycles. The van der Waals surface area contributed by atoms with Crippen LogP contribution in [0, 0.1) is 10.1 Å². The van der Waals surface area contributed by atoms with Crippen LogP contribution >= 0.6 is 11.8 Å². The number of non-ortho nitro benzene ring substituents is 1. The number of ether oxygens (including phenoxy) is 1. The minimum absolute atomic E-state index is 0.116. The van der Waals surface area contributed by atoms with Crippen molar-refractivity contribution in [1.29, 1.82) is 0 Å². The van der Waals surface area contributed by atoms with Crippen molar-refractivity contribution in [1.82, 2.24) is 4.90 Å². The first-order valence-electron chi connectivity index (χ1n) is 11.5. The first kappa shape index (κ1) is 25.9. The van der Waals surface area contributed by atoms with Gasteiger partial charge in [-0.25, -0.2) is 0 Å². The molecule has 2 amide bonds. The summed E-state index contributed by atoms with van der Waals surface area (Å²) in [6.07, 6.45) is 0. The van der Waals surface area contributed by atoms with E-state index in [9.17, 15) is 24.5 Å². The number of nitro groups is 1. The number of thioether (sulfide) groups is 1. The summed E-state index contributed by atoms with van der Waals surface area (Å²) in [4.78, 5) is 52.7. The van der Waals surface area contributed by atoms with Crippen molar-refractivity contribution < 1.29 is 24.0 Å². The molecule has 9 nitrogen and oxygen atoms in total. The van der Waals surface area contributed by atoms with Gasteiger partial charge in [0.15, 0.2) is 4.75 Å². The van der Waals surface area contributed by atoms with Crippen LogP contribution in [-0.4, -0.2) is 46.6 Å². The Balaban J connectivity index is 1.70. The molecule has 0 aromatic heterocycles. The van der Waals surface area contributed by atoms with E-state index >= 15 is 0 Å². The van der Waals surface area contributed by atoms with Gasteiger partial charge in [-0.3, -0.25) is 24.5 Å². The molecule has 3 aromatic rings. The van der Waals surface area contributed by atoms with E-state index in [1.54, 1.807) is 31.3 Å². The van der Waals surface area contributed by atoms with Gasteiger partial charge in [-0.2, -0.15) is 0 Å². The SMILES string of the molecule is CC(=O)OC[C@@H]1N(c2ccc([N+](=O)[O-])cc2)C(=O)[C@@]1(SC(=O)N(C)Cc1ccccc1)c1ccccc1. The monoisotopic (exact) mass is 519 g/mol. The number of anilines is 1. The molecule has 190 valence electrons. The van der Waals surface area contributed by atoms with Crippen LogP contribution in [0.1, 0.15) is 18.1 Å². The van der Waals surface area contributed by atoms with Crippen molar-refractivity contribution >= 4 is 40.3 Å². The number of carbonyl (C=O) groups is 3. The highest BCUT2D eigenvalue weighted by Crippen LogP contribution is 2.53. The summed E-state index contributed by atoms with van der Waals surface area (Å²) in [5, 5.41) is 10.8. The van der Waals surface area contributed by atoms with E-state index < -0.39 is 21.7 Å². The van der Waals surface area contributed by atoms with Crippen LogP contribution in [-0.2, 0) is 25.6 Å². The number of β-lactam (4-membered cyclic amide) rings is 1. The molecule has 0 bridgehead atoms. The van der Waals surface area contributed by atoms with Crippen LogP contribution in [0.15, 0.2) is 84.9 Å². The second-order valence-corrected chi connectivity index (χ2v) is 9.78. The molecular formula is C27H25N3O6S. The summed E-state index contributed by atoms with van der Waals surface area (Å²) < 4.78 is 3.98. The molecule has 37 heavy (non-hydrogen) atoms. The summed E-state index contributed by atoms with van der Waals surface area (Å²) >= 11 is 0.885. The van der Waals surface area contributed by atoms with Gasteiger partial charge in [-0.05, 0) is 35.0 Å². The van der Waals surface area contributed by atoms with Crippen LogP contribution in [0.25, 0.3) is 0 Å². The molecule has 0 saturated carbocycles. The van der Waals surface area contributed by atoms with E-state index in [4.69, 9.17) is 4.74 Å². The lowest BCUT2D eigenvalue weighted by Crippen LogP contribution is -2.72. The minimum atomic E-state index is -1.36. The predicted octanol–water partition coefficient (Wildman–Crippen LogP) is 4.75. The Kier molecular flexibility index (Phi) is 7.58. The minimum Gasteiger partial charge on any atom is -0.464 e. The standard InChI is InChI=1S/C27H25N3O6S/c1-19(31)36-18-24-27(21-11-7-4-8-12-21,37-26(33)28(2)17-20-9-5-3-6-10-20)25(32)29(24)22-13-15-23(16-14-22)30(34)35/h3-16,24H,17-18H2,1-2H3/t24-,27+/m0/s1. The van der Waals surface area contributed by atoms with E-state index in [1.165, 1.54) is 41.0 Å². The van der Waals surface area contributed by atoms with Gasteiger partial charge in [0.2, 0.25) is 0 Å². The van der Waals surface area contributed by atoms with Gasteiger partial charge in [-0.15, -0.1) is 0 Å². The number of hydrogen-bond acceptors (Lipinski definition) is 7. The largest absolute Gasteiger partial charge is 0.464 e. The number of nitro benzene ring substituents is 1. The third kappa shape index (κ3) is 5.19. The Labute approximate surface area is 218 Å². The topological polar surface area (TPSA) is 110 Å². The van der Waals surface area contributed by atoms with Crippen LogP contribution in [0.4, 0.5) is 16.2 Å². The molecule has 4 rings (SSSR count). The number of amides is 2. The second-order valence-electron chi connectivity index (χ2n) is 8.58. The Morgan fingerprint density at radius 1 is 1.03 bits per heavy atom. The normalized spacial score (nSPS) is 18.6. The van der Waals surface area contributed by atoms with Crippen LogP contribution < -0.4 is 4.90 Å². The highest BCUT2D eigenvalue weighted by atomic mass is 32.2. The third-order valence-electron chi connectivity index (χ3n) is 6.13. The zero-order chi connectivity index (χ0) is 26.6. The Morgan fingerprint density at radius 3 is 2.19 bits per heavy atom. The molecule has 0 spiro atoms. The van der Waals surface area contributed by atoms with Gasteiger partial charge >= 0.3 is 5.97 Å². The maximum Gasteiger partial charge on any atom is 0.302 e. The summed E-state index contributed by atoms with van der Waals surface area (Å²) in [5.41, 5.74) is 1.83. The molecule has 1 saturated heterocycles. The zero-order valence-corrected chi connectivity index (χ0v) is 21.1. The van der Waals surface area contributed by atoms with E-state index in [-0.39, 0.29) is 23.4 Å². The predicted molar refractivity (Wildman–Crippen MR) is 140 cm³/mol. The van der Waals surface area contributed by atoms with Crippen molar-refractivity contribution in [3.8, 4) is 0 Å². The fraction of sp³-hybridized carbons (Fsp3) is 0.222. The van der Waals surface area contributed by atoms with Crippen molar-refractivity contribution in [2.24, 2.45) is 0 Å². The van der Waals surface area contributed by atoms with Gasteiger partial charge in [0.25, 0.3) is 16.8 Å². The number of rotatable bonds is 8. The molecule has 10 heteroatoms. The van der Waals surface area contributed by atoms with E-state index in [1.807, 2.05) is 36.4 Å². The Morgan fingerprint density at radius 2 is 1.62 bits per heavy atom. The van der Waals surface area contributed by atoms with Crippen molar-refractivity contribution in [3.05, 3.63) is 106 Å². The highest BCUT2D eigenvalue weighted by Gasteiger charge is 2.64. The lowest BCUT2D eigenvalue weighted by Gasteiger charge is -2.55. The molecule has 3 aromatic carbocycles. The summed E-state index contributed by atoms with van der Waals surface area (Å²) in [6.45, 7) is 1.47. The molecule has 0 N–H and O–H groups in total. The molecule has 2 atom stereocenters. The number of esters is 1.